The van der Waals surface area contributed by atoms with Crippen LogP contribution in [0.3, 0.4) is 0 Å². The monoisotopic (exact) mass is 797 g/mol. The number of nitrogens with one attached hydrogen (secondary N) is 3. The van der Waals surface area contributed by atoms with Crippen LogP contribution in [-0.2, 0) is 29.9 Å². The summed E-state index contributed by atoms with van der Waals surface area (Å²) in [5.41, 5.74) is 1.90. The van der Waals surface area contributed by atoms with Crippen molar-refractivity contribution in [2.45, 2.75) is 51.1 Å². The summed E-state index contributed by atoms with van der Waals surface area (Å²) in [4.78, 5) is 54.4. The summed E-state index contributed by atoms with van der Waals surface area (Å²) in [6.45, 7) is 8.82. The number of aromatic carboxylic acids is 1. The molecule has 6 rings (SSSR count). The Morgan fingerprint density at radius 3 is 2.27 bits per heavy atom. The van der Waals surface area contributed by atoms with Gasteiger partial charge in [-0.1, -0.05) is 35.4 Å². The molecule has 0 saturated carbocycles. The van der Waals surface area contributed by atoms with E-state index in [1.807, 2.05) is 27.7 Å². The number of fused-ring (bicyclic) bond motifs is 1. The van der Waals surface area contributed by atoms with Gasteiger partial charge in [0, 0.05) is 27.2 Å². The number of hydrogen-bond donors (Lipinski definition) is 4. The first-order valence-corrected chi connectivity index (χ1v) is 18.9. The van der Waals surface area contributed by atoms with E-state index < -0.39 is 45.3 Å². The van der Waals surface area contributed by atoms with Crippen molar-refractivity contribution in [1.29, 1.82) is 0 Å². The number of tetrazole rings is 1. The van der Waals surface area contributed by atoms with Crippen LogP contribution in [0.5, 0.6) is 0 Å². The van der Waals surface area contributed by atoms with Crippen LogP contribution < -0.4 is 20.3 Å². The normalized spacial score (nSPS) is 12.2. The minimum atomic E-state index is -4.03. The second kappa shape index (κ2) is 15.3. The first-order chi connectivity index (χ1) is 26.4. The summed E-state index contributed by atoms with van der Waals surface area (Å²) in [6, 6.07) is 21.9. The summed E-state index contributed by atoms with van der Waals surface area (Å²) >= 11 is 6.15. The van der Waals surface area contributed by atoms with Gasteiger partial charge in [-0.25, -0.2) is 13.2 Å². The zero-order chi connectivity index (χ0) is 40.5. The molecule has 1 atom stereocenters. The van der Waals surface area contributed by atoms with Gasteiger partial charge < -0.3 is 20.3 Å². The minimum absolute atomic E-state index is 0.0296. The third kappa shape index (κ3) is 8.23. The van der Waals surface area contributed by atoms with Gasteiger partial charge in [-0.3, -0.25) is 24.0 Å². The summed E-state index contributed by atoms with van der Waals surface area (Å²) in [7, 11) is -4.03. The predicted octanol–water partition coefficient (Wildman–Crippen LogP) is 5.64. The van der Waals surface area contributed by atoms with Crippen LogP contribution in [0.2, 0.25) is 5.02 Å². The Balaban J connectivity index is 1.35. The maximum Gasteiger partial charge on any atom is 0.352 e. The zero-order valence-corrected chi connectivity index (χ0v) is 32.3. The van der Waals surface area contributed by atoms with Gasteiger partial charge in [0.25, 0.3) is 15.9 Å². The summed E-state index contributed by atoms with van der Waals surface area (Å²) in [5, 5.41) is 26.7. The first kappa shape index (κ1) is 39.1. The van der Waals surface area contributed by atoms with Crippen LogP contribution in [0.15, 0.2) is 102 Å². The van der Waals surface area contributed by atoms with Crippen molar-refractivity contribution in [2.75, 3.05) is 14.9 Å². The van der Waals surface area contributed by atoms with E-state index in [-0.39, 0.29) is 38.4 Å². The van der Waals surface area contributed by atoms with Crippen molar-refractivity contribution in [3.63, 3.8) is 0 Å². The number of carboxylic acid groups (broad SMARTS) is 1. The first-order valence-electron chi connectivity index (χ1n) is 17.0. The van der Waals surface area contributed by atoms with E-state index in [1.165, 1.54) is 65.3 Å². The van der Waals surface area contributed by atoms with Gasteiger partial charge in [0.05, 0.1) is 27.6 Å². The Hall–Kier alpha value is -6.59. The fraction of sp³-hybridized carbons (Fsp3) is 0.184. The lowest BCUT2D eigenvalue weighted by molar-refractivity contribution is -0.137. The SMILES string of the molecule is Cc1ccc(S(=O)(=O)Nc2cccc(N(C(=O)C(C)NC(=O)C(=O)Nc3cc(Cl)ccc3-n3cnnn3)c3ccc4c(c3)cc(C(=O)O)n4C(C)(C)C)c2)cc1. The highest BCUT2D eigenvalue weighted by atomic mass is 35.5. The number of hydrogen-bond acceptors (Lipinski definition) is 9. The second-order valence-corrected chi connectivity index (χ2v) is 15.9. The van der Waals surface area contributed by atoms with Crippen molar-refractivity contribution in [2.24, 2.45) is 0 Å². The third-order valence-electron chi connectivity index (χ3n) is 8.57. The lowest BCUT2D eigenvalue weighted by atomic mass is 10.1. The molecule has 0 fully saturated rings. The Morgan fingerprint density at radius 1 is 0.893 bits per heavy atom. The number of benzene rings is 4. The van der Waals surface area contributed by atoms with Crippen LogP contribution in [-0.4, -0.2) is 68.0 Å². The molecule has 2 aromatic heterocycles. The lowest BCUT2D eigenvalue weighted by Gasteiger charge is -2.28. The smallest absolute Gasteiger partial charge is 0.352 e. The molecule has 18 heteroatoms. The molecule has 0 saturated heterocycles. The minimum Gasteiger partial charge on any atom is -0.477 e. The number of amides is 3. The van der Waals surface area contributed by atoms with Gasteiger partial charge in [-0.05, 0) is 118 Å². The van der Waals surface area contributed by atoms with E-state index in [4.69, 9.17) is 11.6 Å². The van der Waals surface area contributed by atoms with Crippen LogP contribution >= 0.6 is 11.6 Å². The van der Waals surface area contributed by atoms with E-state index in [0.717, 1.165) is 5.56 Å². The fourth-order valence-electron chi connectivity index (χ4n) is 6.04. The van der Waals surface area contributed by atoms with E-state index in [0.29, 0.717) is 16.6 Å². The summed E-state index contributed by atoms with van der Waals surface area (Å²) in [5.74, 6) is -4.13. The number of anilines is 4. The van der Waals surface area contributed by atoms with Crippen LogP contribution in [0.1, 0.15) is 43.7 Å². The maximum absolute atomic E-state index is 14.4. The van der Waals surface area contributed by atoms with Crippen molar-refractivity contribution in [3.05, 3.63) is 114 Å². The largest absolute Gasteiger partial charge is 0.477 e. The molecule has 0 aliphatic heterocycles. The Labute approximate surface area is 326 Å². The van der Waals surface area contributed by atoms with E-state index in [9.17, 15) is 32.7 Å². The molecule has 0 spiro atoms. The van der Waals surface area contributed by atoms with Gasteiger partial charge in [0.1, 0.15) is 18.1 Å². The standard InChI is InChI=1S/C38H36ClN9O7S/c1-22-9-13-29(14-10-22)56(54,55)43-26-7-6-8-27(20-26)47(28-12-16-31-24(17-28)18-33(37(52)53)48(31)38(3,4)5)36(51)23(2)41-34(49)35(50)42-30-19-25(39)11-15-32(30)46-21-40-44-45-46/h6-21,23,43H,1-5H3,(H,41,49)(H,42,50)(H,52,53). The molecule has 288 valence electrons. The van der Waals surface area contributed by atoms with Gasteiger partial charge in [-0.15, -0.1) is 5.10 Å². The average molecular weight is 798 g/mol. The van der Waals surface area contributed by atoms with E-state index >= 15 is 0 Å². The number of sulfonamides is 1. The van der Waals surface area contributed by atoms with Crippen molar-refractivity contribution >= 4 is 79.0 Å². The summed E-state index contributed by atoms with van der Waals surface area (Å²) < 4.78 is 32.1. The fourth-order valence-corrected chi connectivity index (χ4v) is 7.26. The quantitative estimate of drug-likeness (QED) is 0.125. The Kier molecular flexibility index (Phi) is 10.7. The lowest BCUT2D eigenvalue weighted by Crippen LogP contribution is -2.48. The third-order valence-corrected chi connectivity index (χ3v) is 10.2. The highest BCUT2D eigenvalue weighted by Crippen LogP contribution is 2.35. The molecule has 0 bridgehead atoms. The number of aromatic nitrogens is 5. The molecule has 6 aromatic rings. The molecule has 0 aliphatic carbocycles. The molecule has 1 unspecified atom stereocenters. The van der Waals surface area contributed by atoms with E-state index in [1.54, 1.807) is 53.1 Å². The number of carbonyl (C=O) groups excluding carboxylic acids is 3. The topological polar surface area (TPSA) is 211 Å². The zero-order valence-electron chi connectivity index (χ0n) is 30.7. The Morgan fingerprint density at radius 2 is 1.61 bits per heavy atom. The molecule has 16 nitrogen and oxygen atoms in total. The number of nitrogens with zero attached hydrogens (tertiary/aromatic N) is 6. The van der Waals surface area contributed by atoms with Gasteiger partial charge in [0.2, 0.25) is 0 Å². The average Bonchev–Trinajstić information content (AvgIpc) is 3.81. The van der Waals surface area contributed by atoms with Gasteiger partial charge >= 0.3 is 17.8 Å². The highest BCUT2D eigenvalue weighted by Gasteiger charge is 2.30. The number of halogens is 1. The second-order valence-electron chi connectivity index (χ2n) is 13.8. The molecule has 0 aliphatic rings. The van der Waals surface area contributed by atoms with Crippen molar-refractivity contribution in [1.82, 2.24) is 30.1 Å². The van der Waals surface area contributed by atoms with Crippen LogP contribution in [0.25, 0.3) is 16.6 Å². The van der Waals surface area contributed by atoms with Crippen molar-refractivity contribution < 1.29 is 32.7 Å². The molecule has 4 aromatic carbocycles. The molecule has 3 amide bonds. The van der Waals surface area contributed by atoms with Gasteiger partial charge in [0.15, 0.2) is 0 Å². The molecule has 2 heterocycles. The Bertz CT molecular complexity index is 2600. The van der Waals surface area contributed by atoms with Gasteiger partial charge in [-0.2, -0.15) is 4.68 Å². The molecular formula is C38H36ClN9O7S. The molecule has 4 N–H and O–H groups in total. The van der Waals surface area contributed by atoms with Crippen LogP contribution in [0, 0.1) is 6.92 Å². The predicted molar refractivity (Wildman–Crippen MR) is 210 cm³/mol. The van der Waals surface area contributed by atoms with Crippen molar-refractivity contribution in [3.8, 4) is 5.69 Å². The molecular weight excluding hydrogens is 762 g/mol. The number of carboxylic acids is 1. The highest BCUT2D eigenvalue weighted by molar-refractivity contribution is 7.92. The number of carbonyl (C=O) groups is 4. The van der Waals surface area contributed by atoms with Crippen LogP contribution in [0.4, 0.5) is 22.7 Å². The van der Waals surface area contributed by atoms with E-state index in [2.05, 4.69) is 30.9 Å². The number of rotatable bonds is 10. The number of aryl methyl sites for hydroxylation is 1. The molecule has 56 heavy (non-hydrogen) atoms. The maximum atomic E-state index is 14.4. The molecule has 0 radical (unpaired) electrons. The summed E-state index contributed by atoms with van der Waals surface area (Å²) in [6.07, 6.45) is 1.29.